The monoisotopic (exact) mass is 301 g/mol. The van der Waals surface area contributed by atoms with Gasteiger partial charge in [-0.3, -0.25) is 4.90 Å². The van der Waals surface area contributed by atoms with Gasteiger partial charge >= 0.3 is 6.18 Å². The summed E-state index contributed by atoms with van der Waals surface area (Å²) in [4.78, 5) is 3.58. The van der Waals surface area contributed by atoms with Crippen LogP contribution >= 0.6 is 0 Å². The SMILES string of the molecule is Cc1cccc(N2CCN(C(C(C)N)C(F)(F)F)CC2)c1. The van der Waals surface area contributed by atoms with Gasteiger partial charge in [-0.2, -0.15) is 13.2 Å². The van der Waals surface area contributed by atoms with Crippen molar-refractivity contribution in [1.82, 2.24) is 4.90 Å². The van der Waals surface area contributed by atoms with Crippen LogP contribution in [0.2, 0.25) is 0 Å². The van der Waals surface area contributed by atoms with Crippen molar-refractivity contribution in [3.8, 4) is 0 Å². The van der Waals surface area contributed by atoms with E-state index in [1.807, 2.05) is 25.1 Å². The molecule has 1 heterocycles. The van der Waals surface area contributed by atoms with Gasteiger partial charge in [0.2, 0.25) is 0 Å². The standard InChI is InChI=1S/C15H22F3N3/c1-11-4-3-5-13(10-11)20-6-8-21(9-7-20)14(12(2)19)15(16,17)18/h3-5,10,12,14H,6-9,19H2,1-2H3. The molecule has 1 aromatic rings. The lowest BCUT2D eigenvalue weighted by atomic mass is 10.1. The second kappa shape index (κ2) is 6.23. The summed E-state index contributed by atoms with van der Waals surface area (Å²) in [5.74, 6) is 0. The highest BCUT2D eigenvalue weighted by atomic mass is 19.4. The predicted molar refractivity (Wildman–Crippen MR) is 78.5 cm³/mol. The fourth-order valence-corrected chi connectivity index (χ4v) is 2.92. The van der Waals surface area contributed by atoms with Gasteiger partial charge in [-0.25, -0.2) is 0 Å². The number of hydrogen-bond acceptors (Lipinski definition) is 3. The van der Waals surface area contributed by atoms with Gasteiger partial charge in [-0.05, 0) is 31.5 Å². The van der Waals surface area contributed by atoms with Crippen molar-refractivity contribution in [2.24, 2.45) is 5.73 Å². The zero-order chi connectivity index (χ0) is 15.6. The fourth-order valence-electron chi connectivity index (χ4n) is 2.92. The minimum atomic E-state index is -4.28. The van der Waals surface area contributed by atoms with E-state index >= 15 is 0 Å². The second-order valence-electron chi connectivity index (χ2n) is 5.71. The van der Waals surface area contributed by atoms with Crippen LogP contribution in [0.1, 0.15) is 12.5 Å². The number of anilines is 1. The molecular formula is C15H22F3N3. The van der Waals surface area contributed by atoms with Crippen molar-refractivity contribution < 1.29 is 13.2 Å². The molecule has 1 aromatic carbocycles. The van der Waals surface area contributed by atoms with E-state index in [1.165, 1.54) is 11.8 Å². The molecule has 0 amide bonds. The molecule has 6 heteroatoms. The van der Waals surface area contributed by atoms with Gasteiger partial charge in [0.25, 0.3) is 0 Å². The molecular weight excluding hydrogens is 279 g/mol. The van der Waals surface area contributed by atoms with Gasteiger partial charge in [0.1, 0.15) is 6.04 Å². The number of halogens is 3. The molecule has 0 aliphatic carbocycles. The maximum Gasteiger partial charge on any atom is 0.405 e. The second-order valence-corrected chi connectivity index (χ2v) is 5.71. The van der Waals surface area contributed by atoms with Crippen molar-refractivity contribution in [2.45, 2.75) is 32.1 Å². The van der Waals surface area contributed by atoms with Crippen LogP contribution in [0.4, 0.5) is 18.9 Å². The molecule has 0 spiro atoms. The predicted octanol–water partition coefficient (Wildman–Crippen LogP) is 2.40. The van der Waals surface area contributed by atoms with Gasteiger partial charge in [0, 0.05) is 37.9 Å². The molecule has 2 N–H and O–H groups in total. The highest BCUT2D eigenvalue weighted by molar-refractivity contribution is 5.48. The molecule has 118 valence electrons. The number of benzene rings is 1. The summed E-state index contributed by atoms with van der Waals surface area (Å²) in [5, 5.41) is 0. The van der Waals surface area contributed by atoms with Gasteiger partial charge in [-0.15, -0.1) is 0 Å². The van der Waals surface area contributed by atoms with Crippen molar-refractivity contribution in [1.29, 1.82) is 0 Å². The highest BCUT2D eigenvalue weighted by Crippen LogP contribution is 2.28. The Morgan fingerprint density at radius 1 is 1.14 bits per heavy atom. The normalized spacial score (nSPS) is 20.4. The Hall–Kier alpha value is -1.27. The average molecular weight is 301 g/mol. The molecule has 2 unspecified atom stereocenters. The molecule has 0 bridgehead atoms. The lowest BCUT2D eigenvalue weighted by Gasteiger charge is -2.42. The molecule has 3 nitrogen and oxygen atoms in total. The molecule has 0 saturated carbocycles. The maximum atomic E-state index is 13.1. The molecule has 1 fully saturated rings. The van der Waals surface area contributed by atoms with Crippen LogP contribution in [-0.4, -0.2) is 49.3 Å². The molecule has 1 saturated heterocycles. The summed E-state index contributed by atoms with van der Waals surface area (Å²) in [5.41, 5.74) is 7.76. The number of aryl methyl sites for hydroxylation is 1. The summed E-state index contributed by atoms with van der Waals surface area (Å²) < 4.78 is 39.3. The summed E-state index contributed by atoms with van der Waals surface area (Å²) in [6.07, 6.45) is -4.28. The first-order chi connectivity index (χ1) is 9.79. The highest BCUT2D eigenvalue weighted by Gasteiger charge is 2.46. The van der Waals surface area contributed by atoms with Gasteiger partial charge in [-0.1, -0.05) is 12.1 Å². The smallest absolute Gasteiger partial charge is 0.369 e. The van der Waals surface area contributed by atoms with E-state index in [0.717, 1.165) is 11.3 Å². The molecule has 1 aliphatic heterocycles. The van der Waals surface area contributed by atoms with Crippen LogP contribution < -0.4 is 10.6 Å². The van der Waals surface area contributed by atoms with E-state index in [1.54, 1.807) is 0 Å². The van der Waals surface area contributed by atoms with Crippen LogP contribution in [0.5, 0.6) is 0 Å². The topological polar surface area (TPSA) is 32.5 Å². The van der Waals surface area contributed by atoms with Crippen molar-refractivity contribution >= 4 is 5.69 Å². The van der Waals surface area contributed by atoms with Gasteiger partial charge < -0.3 is 10.6 Å². The minimum Gasteiger partial charge on any atom is -0.369 e. The van der Waals surface area contributed by atoms with Crippen LogP contribution in [-0.2, 0) is 0 Å². The van der Waals surface area contributed by atoms with E-state index in [2.05, 4.69) is 11.0 Å². The number of rotatable bonds is 3. The number of piperazine rings is 1. The first kappa shape index (κ1) is 16.1. The Morgan fingerprint density at radius 3 is 2.24 bits per heavy atom. The van der Waals surface area contributed by atoms with Crippen LogP contribution in [0.25, 0.3) is 0 Å². The fraction of sp³-hybridized carbons (Fsp3) is 0.600. The third kappa shape index (κ3) is 3.89. The van der Waals surface area contributed by atoms with Crippen LogP contribution in [0.15, 0.2) is 24.3 Å². The molecule has 1 aliphatic rings. The third-order valence-electron chi connectivity index (χ3n) is 3.91. The molecule has 21 heavy (non-hydrogen) atoms. The number of alkyl halides is 3. The largest absolute Gasteiger partial charge is 0.405 e. The van der Waals surface area contributed by atoms with Gasteiger partial charge in [0.15, 0.2) is 0 Å². The van der Waals surface area contributed by atoms with Gasteiger partial charge in [0.05, 0.1) is 0 Å². The summed E-state index contributed by atoms with van der Waals surface area (Å²) in [6, 6.07) is 5.55. The molecule has 0 radical (unpaired) electrons. The Bertz CT molecular complexity index is 465. The Morgan fingerprint density at radius 2 is 1.76 bits per heavy atom. The lowest BCUT2D eigenvalue weighted by molar-refractivity contribution is -0.188. The van der Waals surface area contributed by atoms with E-state index in [-0.39, 0.29) is 0 Å². The van der Waals surface area contributed by atoms with Crippen molar-refractivity contribution in [3.63, 3.8) is 0 Å². The number of nitrogens with zero attached hydrogens (tertiary/aromatic N) is 2. The van der Waals surface area contributed by atoms with Crippen molar-refractivity contribution in [2.75, 3.05) is 31.1 Å². The first-order valence-corrected chi connectivity index (χ1v) is 7.17. The maximum absolute atomic E-state index is 13.1. The quantitative estimate of drug-likeness (QED) is 0.930. The van der Waals surface area contributed by atoms with E-state index in [9.17, 15) is 13.2 Å². The molecule has 2 atom stereocenters. The zero-order valence-electron chi connectivity index (χ0n) is 12.4. The summed E-state index contributed by atoms with van der Waals surface area (Å²) in [7, 11) is 0. The van der Waals surface area contributed by atoms with E-state index < -0.39 is 18.3 Å². The van der Waals surface area contributed by atoms with Crippen LogP contribution in [0.3, 0.4) is 0 Å². The minimum absolute atomic E-state index is 0.375. The first-order valence-electron chi connectivity index (χ1n) is 7.17. The zero-order valence-corrected chi connectivity index (χ0v) is 12.4. The Kier molecular flexibility index (Phi) is 4.78. The van der Waals surface area contributed by atoms with Crippen LogP contribution in [0, 0.1) is 6.92 Å². The Labute approximate surface area is 123 Å². The molecule has 0 aromatic heterocycles. The van der Waals surface area contributed by atoms with E-state index in [0.29, 0.717) is 26.2 Å². The average Bonchev–Trinajstić information content (AvgIpc) is 2.37. The summed E-state index contributed by atoms with van der Waals surface area (Å²) in [6.45, 7) is 5.35. The molecule has 2 rings (SSSR count). The summed E-state index contributed by atoms with van der Waals surface area (Å²) >= 11 is 0. The third-order valence-corrected chi connectivity index (χ3v) is 3.91. The van der Waals surface area contributed by atoms with E-state index in [4.69, 9.17) is 5.73 Å². The Balaban J connectivity index is 2.02. The van der Waals surface area contributed by atoms with Crippen molar-refractivity contribution in [3.05, 3.63) is 29.8 Å². The number of hydrogen-bond donors (Lipinski definition) is 1. The lowest BCUT2D eigenvalue weighted by Crippen LogP contribution is -2.60. The number of nitrogens with two attached hydrogens (primary N) is 1.